The average Bonchev–Trinajstić information content (AvgIpc) is 3.40. The SMILES string of the molecule is C=C(NCc1ccc(N2CCOCC2)cc1)/C(F)=C(\N=CN)N1CCCC1c1ccc(C(F)(F)F)cc1. The number of nitrogens with one attached hydrogen (secondary N) is 1. The number of benzene rings is 2. The minimum absolute atomic E-state index is 0.00469. The molecule has 6 nitrogen and oxygen atoms in total. The fourth-order valence-electron chi connectivity index (χ4n) is 4.66. The summed E-state index contributed by atoms with van der Waals surface area (Å²) in [7, 11) is 0. The average molecular weight is 518 g/mol. The van der Waals surface area contributed by atoms with Crippen LogP contribution < -0.4 is 16.0 Å². The fourth-order valence-corrected chi connectivity index (χ4v) is 4.66. The van der Waals surface area contributed by atoms with Crippen LogP contribution in [0.3, 0.4) is 0 Å². The maximum atomic E-state index is 15.6. The van der Waals surface area contributed by atoms with E-state index in [1.54, 1.807) is 4.90 Å². The van der Waals surface area contributed by atoms with Crippen molar-refractivity contribution in [3.8, 4) is 0 Å². The van der Waals surface area contributed by atoms with Crippen LogP contribution in [0.15, 0.2) is 77.4 Å². The van der Waals surface area contributed by atoms with E-state index >= 15 is 4.39 Å². The molecule has 2 fully saturated rings. The fraction of sp³-hybridized carbons (Fsp3) is 0.370. The van der Waals surface area contributed by atoms with E-state index in [9.17, 15) is 13.2 Å². The molecule has 37 heavy (non-hydrogen) atoms. The first-order valence-corrected chi connectivity index (χ1v) is 12.2. The largest absolute Gasteiger partial charge is 0.416 e. The first-order valence-electron chi connectivity index (χ1n) is 12.2. The molecule has 0 aromatic heterocycles. The molecule has 0 radical (unpaired) electrons. The van der Waals surface area contributed by atoms with Crippen molar-refractivity contribution in [3.05, 3.63) is 89.1 Å². The smallest absolute Gasteiger partial charge is 0.390 e. The quantitative estimate of drug-likeness (QED) is 0.221. The predicted molar refractivity (Wildman–Crippen MR) is 136 cm³/mol. The van der Waals surface area contributed by atoms with Crippen LogP contribution in [-0.2, 0) is 17.5 Å². The van der Waals surface area contributed by atoms with Gasteiger partial charge in [-0.3, -0.25) is 0 Å². The van der Waals surface area contributed by atoms with Gasteiger partial charge in [-0.25, -0.2) is 9.38 Å². The van der Waals surface area contributed by atoms with Crippen molar-refractivity contribution < 1.29 is 22.3 Å². The Labute approximate surface area is 214 Å². The van der Waals surface area contributed by atoms with Crippen molar-refractivity contribution in [1.29, 1.82) is 0 Å². The van der Waals surface area contributed by atoms with E-state index in [-0.39, 0.29) is 17.6 Å². The number of allylic oxidation sites excluding steroid dienone is 1. The first kappa shape index (κ1) is 26.5. The molecule has 10 heteroatoms. The summed E-state index contributed by atoms with van der Waals surface area (Å²) in [6, 6.07) is 12.6. The highest BCUT2D eigenvalue weighted by Gasteiger charge is 2.33. The molecule has 1 unspecified atom stereocenters. The summed E-state index contributed by atoms with van der Waals surface area (Å²) < 4.78 is 59.9. The summed E-state index contributed by atoms with van der Waals surface area (Å²) in [6.07, 6.45) is -2.02. The lowest BCUT2D eigenvalue weighted by Gasteiger charge is -2.29. The third-order valence-corrected chi connectivity index (χ3v) is 6.62. The maximum Gasteiger partial charge on any atom is 0.416 e. The Hall–Kier alpha value is -3.53. The van der Waals surface area contributed by atoms with E-state index in [0.717, 1.165) is 49.2 Å². The molecule has 2 heterocycles. The van der Waals surface area contributed by atoms with E-state index in [1.807, 2.05) is 24.3 Å². The summed E-state index contributed by atoms with van der Waals surface area (Å²) in [5, 5.41) is 3.01. The third kappa shape index (κ3) is 6.43. The number of hydrogen-bond donors (Lipinski definition) is 2. The number of halogens is 4. The number of anilines is 1. The normalized spacial score (nSPS) is 19.3. The summed E-state index contributed by atoms with van der Waals surface area (Å²) in [4.78, 5) is 8.04. The van der Waals surface area contributed by atoms with Gasteiger partial charge in [-0.2, -0.15) is 13.2 Å². The van der Waals surface area contributed by atoms with Crippen LogP contribution in [0, 0.1) is 0 Å². The zero-order chi connectivity index (χ0) is 26.4. The summed E-state index contributed by atoms with van der Waals surface area (Å²) in [5.74, 6) is -0.657. The molecule has 2 saturated heterocycles. The van der Waals surface area contributed by atoms with Gasteiger partial charge in [-0.1, -0.05) is 30.8 Å². The second-order valence-corrected chi connectivity index (χ2v) is 8.98. The van der Waals surface area contributed by atoms with Crippen LogP contribution in [0.25, 0.3) is 0 Å². The van der Waals surface area contributed by atoms with Crippen molar-refractivity contribution in [3.63, 3.8) is 0 Å². The van der Waals surface area contributed by atoms with E-state index in [1.165, 1.54) is 12.1 Å². The number of morpholine rings is 1. The molecule has 0 spiro atoms. The van der Waals surface area contributed by atoms with Crippen LogP contribution in [0.1, 0.15) is 35.6 Å². The molecular formula is C27H31F4N5O. The lowest BCUT2D eigenvalue weighted by molar-refractivity contribution is -0.137. The molecule has 2 aliphatic rings. The van der Waals surface area contributed by atoms with Gasteiger partial charge in [0.15, 0.2) is 11.6 Å². The molecular weight excluding hydrogens is 486 g/mol. The van der Waals surface area contributed by atoms with E-state index in [0.29, 0.717) is 38.3 Å². The second-order valence-electron chi connectivity index (χ2n) is 8.98. The van der Waals surface area contributed by atoms with Crippen molar-refractivity contribution >= 4 is 12.0 Å². The number of likely N-dealkylation sites (tertiary alicyclic amines) is 1. The van der Waals surface area contributed by atoms with E-state index in [4.69, 9.17) is 10.5 Å². The number of nitrogens with two attached hydrogens (primary N) is 1. The Bertz CT molecular complexity index is 1120. The van der Waals surface area contributed by atoms with Gasteiger partial charge >= 0.3 is 6.18 Å². The Morgan fingerprint density at radius 2 is 1.76 bits per heavy atom. The lowest BCUT2D eigenvalue weighted by Crippen LogP contribution is -2.36. The van der Waals surface area contributed by atoms with Gasteiger partial charge in [0, 0.05) is 31.9 Å². The van der Waals surface area contributed by atoms with Gasteiger partial charge < -0.3 is 25.6 Å². The standard InChI is InChI=1S/C27H31F4N5O/c1-19(33-17-20-4-10-23(11-5-20)35-13-15-37-16-14-35)25(28)26(34-18-32)36-12-2-3-24(36)21-6-8-22(9-7-21)27(29,30)31/h4-11,18,24,33H,1-3,12-17H2,(H2,32,34)/b26-25-. The number of ether oxygens (including phenoxy) is 1. The van der Waals surface area contributed by atoms with E-state index in [2.05, 4.69) is 21.8 Å². The Balaban J connectivity index is 1.45. The maximum absolute atomic E-state index is 15.6. The Kier molecular flexibility index (Phi) is 8.38. The number of nitrogens with zero attached hydrogens (tertiary/aromatic N) is 3. The van der Waals surface area contributed by atoms with Gasteiger partial charge in [0.2, 0.25) is 0 Å². The number of alkyl halides is 3. The minimum atomic E-state index is -4.42. The Morgan fingerprint density at radius 3 is 2.38 bits per heavy atom. The zero-order valence-corrected chi connectivity index (χ0v) is 20.5. The summed E-state index contributed by atoms with van der Waals surface area (Å²) in [6.45, 7) is 7.79. The molecule has 0 amide bonds. The van der Waals surface area contributed by atoms with E-state index < -0.39 is 17.6 Å². The first-order chi connectivity index (χ1) is 17.8. The molecule has 4 rings (SSSR count). The molecule has 198 valence electrons. The molecule has 0 saturated carbocycles. The molecule has 2 aliphatic heterocycles. The van der Waals surface area contributed by atoms with Crippen molar-refractivity contribution in [1.82, 2.24) is 10.2 Å². The minimum Gasteiger partial charge on any atom is -0.390 e. The van der Waals surface area contributed by atoms with Gasteiger partial charge in [0.1, 0.15) is 0 Å². The number of aliphatic imine (C=N–C) groups is 1. The second kappa shape index (κ2) is 11.7. The highest BCUT2D eigenvalue weighted by atomic mass is 19.4. The molecule has 0 aliphatic carbocycles. The third-order valence-electron chi connectivity index (χ3n) is 6.62. The van der Waals surface area contributed by atoms with Crippen molar-refractivity contribution in [2.75, 3.05) is 37.7 Å². The highest BCUT2D eigenvalue weighted by molar-refractivity contribution is 5.54. The highest BCUT2D eigenvalue weighted by Crippen LogP contribution is 2.38. The number of rotatable bonds is 8. The van der Waals surface area contributed by atoms with Gasteiger partial charge in [0.25, 0.3) is 0 Å². The topological polar surface area (TPSA) is 66.1 Å². The van der Waals surface area contributed by atoms with Crippen LogP contribution in [0.5, 0.6) is 0 Å². The zero-order valence-electron chi connectivity index (χ0n) is 20.5. The van der Waals surface area contributed by atoms with Crippen LogP contribution in [0.2, 0.25) is 0 Å². The van der Waals surface area contributed by atoms with Gasteiger partial charge in [-0.15, -0.1) is 0 Å². The Morgan fingerprint density at radius 1 is 1.08 bits per heavy atom. The predicted octanol–water partition coefficient (Wildman–Crippen LogP) is 5.11. The summed E-state index contributed by atoms with van der Waals surface area (Å²) in [5.41, 5.74) is 7.57. The molecule has 3 N–H and O–H groups in total. The molecule has 0 bridgehead atoms. The van der Waals surface area contributed by atoms with Crippen LogP contribution >= 0.6 is 0 Å². The number of hydrogen-bond acceptors (Lipinski definition) is 5. The monoisotopic (exact) mass is 517 g/mol. The molecule has 2 aromatic carbocycles. The van der Waals surface area contributed by atoms with Crippen molar-refractivity contribution in [2.24, 2.45) is 10.7 Å². The molecule has 2 aromatic rings. The van der Waals surface area contributed by atoms with Crippen LogP contribution in [-0.4, -0.2) is 44.1 Å². The van der Waals surface area contributed by atoms with Crippen molar-refractivity contribution in [2.45, 2.75) is 31.6 Å². The summed E-state index contributed by atoms with van der Waals surface area (Å²) >= 11 is 0. The van der Waals surface area contributed by atoms with Crippen LogP contribution in [0.4, 0.5) is 23.2 Å². The lowest BCUT2D eigenvalue weighted by atomic mass is 10.0. The van der Waals surface area contributed by atoms with Gasteiger partial charge in [0.05, 0.1) is 36.9 Å². The van der Waals surface area contributed by atoms with Gasteiger partial charge in [-0.05, 0) is 48.2 Å². The molecule has 1 atom stereocenters.